The largest absolute Gasteiger partial charge is 0.459 e. The van der Waals surface area contributed by atoms with E-state index in [1.807, 2.05) is 35.2 Å². The lowest BCUT2D eigenvalue weighted by molar-refractivity contribution is 0.0686. The average molecular weight is 501 g/mol. The van der Waals surface area contributed by atoms with Gasteiger partial charge in [0.25, 0.3) is 5.91 Å². The molecule has 4 heterocycles. The smallest absolute Gasteiger partial charge is 0.289 e. The lowest BCUT2D eigenvalue weighted by Crippen LogP contribution is -2.42. The molecule has 5 rings (SSSR count). The zero-order chi connectivity index (χ0) is 21.4. The number of likely N-dealkylation sites (tertiary alicyclic amines) is 1. The number of furan rings is 1. The first-order valence-corrected chi connectivity index (χ1v) is 11.2. The predicted octanol–water partition coefficient (Wildman–Crippen LogP) is 5.12. The van der Waals surface area contributed by atoms with Gasteiger partial charge in [0, 0.05) is 35.8 Å². The van der Waals surface area contributed by atoms with Crippen LogP contribution in [0.2, 0.25) is 5.02 Å². The molecule has 9 heteroatoms. The van der Waals surface area contributed by atoms with Crippen molar-refractivity contribution in [2.75, 3.05) is 18.4 Å². The summed E-state index contributed by atoms with van der Waals surface area (Å²) in [5, 5.41) is 8.69. The van der Waals surface area contributed by atoms with Crippen LogP contribution in [0, 0.1) is 0 Å². The van der Waals surface area contributed by atoms with Gasteiger partial charge in [-0.1, -0.05) is 29.8 Å². The lowest BCUT2D eigenvalue weighted by Gasteiger charge is -2.32. The molecule has 1 aliphatic rings. The van der Waals surface area contributed by atoms with E-state index in [1.54, 1.807) is 22.8 Å². The second-order valence-electron chi connectivity index (χ2n) is 7.42. The minimum Gasteiger partial charge on any atom is -0.459 e. The number of fused-ring (bicyclic) bond motifs is 1. The number of amides is 1. The number of hydrogen-bond donors (Lipinski definition) is 1. The molecule has 0 aliphatic carbocycles. The molecule has 1 saturated heterocycles. The Bertz CT molecular complexity index is 1230. The Hall–Kier alpha value is -2.84. The van der Waals surface area contributed by atoms with Crippen molar-refractivity contribution < 1.29 is 9.21 Å². The summed E-state index contributed by atoms with van der Waals surface area (Å²) in [5.41, 5.74) is 2.35. The summed E-state index contributed by atoms with van der Waals surface area (Å²) in [4.78, 5) is 19.1. The van der Waals surface area contributed by atoms with E-state index in [1.165, 1.54) is 6.26 Å². The molecule has 4 aromatic rings. The van der Waals surface area contributed by atoms with Crippen molar-refractivity contribution in [1.29, 1.82) is 0 Å². The van der Waals surface area contributed by atoms with Gasteiger partial charge < -0.3 is 14.6 Å². The molecule has 0 saturated carbocycles. The molecule has 0 bridgehead atoms. The summed E-state index contributed by atoms with van der Waals surface area (Å²) in [7, 11) is 0. The van der Waals surface area contributed by atoms with Crippen molar-refractivity contribution in [3.05, 3.63) is 70.2 Å². The number of hydrogen-bond acceptors (Lipinski definition) is 5. The van der Waals surface area contributed by atoms with Crippen LogP contribution in [0.5, 0.6) is 0 Å². The van der Waals surface area contributed by atoms with Crippen molar-refractivity contribution >= 4 is 44.9 Å². The van der Waals surface area contributed by atoms with E-state index in [0.717, 1.165) is 34.4 Å². The number of piperidine rings is 1. The van der Waals surface area contributed by atoms with Gasteiger partial charge in [0.15, 0.2) is 11.4 Å². The maximum atomic E-state index is 12.5. The third kappa shape index (κ3) is 3.93. The molecule has 1 aromatic carbocycles. The van der Waals surface area contributed by atoms with Crippen molar-refractivity contribution in [3.63, 3.8) is 0 Å². The molecular weight excluding hydrogens is 482 g/mol. The van der Waals surface area contributed by atoms with Crippen LogP contribution in [-0.4, -0.2) is 44.5 Å². The standard InChI is InChI=1S/C22H19BrClN5O2/c23-16-13-25-29-20(12-18(27-21(16)29)15-4-1-2-5-17(15)24)26-14-7-9-28(10-8-14)22(30)19-6-3-11-31-19/h1-6,11-14,26H,7-10H2. The van der Waals surface area contributed by atoms with Crippen molar-refractivity contribution in [3.8, 4) is 11.3 Å². The van der Waals surface area contributed by atoms with E-state index < -0.39 is 0 Å². The number of carbonyl (C=O) groups is 1. The van der Waals surface area contributed by atoms with Gasteiger partial charge in [-0.2, -0.15) is 9.61 Å². The molecule has 158 valence electrons. The van der Waals surface area contributed by atoms with E-state index >= 15 is 0 Å². The summed E-state index contributed by atoms with van der Waals surface area (Å²) in [6.07, 6.45) is 4.89. The van der Waals surface area contributed by atoms with E-state index in [0.29, 0.717) is 29.5 Å². The maximum Gasteiger partial charge on any atom is 0.289 e. The zero-order valence-corrected chi connectivity index (χ0v) is 18.8. The first-order valence-electron chi connectivity index (χ1n) is 9.98. The van der Waals surface area contributed by atoms with Crippen LogP contribution in [0.25, 0.3) is 16.9 Å². The Kier molecular flexibility index (Phi) is 5.41. The highest BCUT2D eigenvalue weighted by molar-refractivity contribution is 9.10. The molecular formula is C22H19BrClN5O2. The molecule has 31 heavy (non-hydrogen) atoms. The summed E-state index contributed by atoms with van der Waals surface area (Å²) >= 11 is 9.95. The highest BCUT2D eigenvalue weighted by atomic mass is 79.9. The number of halogens is 2. The molecule has 7 nitrogen and oxygen atoms in total. The Morgan fingerprint density at radius 3 is 2.74 bits per heavy atom. The third-order valence-corrected chi connectivity index (χ3v) is 6.33. The Balaban J connectivity index is 1.38. The highest BCUT2D eigenvalue weighted by Gasteiger charge is 2.26. The van der Waals surface area contributed by atoms with Crippen molar-refractivity contribution in [2.24, 2.45) is 0 Å². The predicted molar refractivity (Wildman–Crippen MR) is 122 cm³/mol. The maximum absolute atomic E-state index is 12.5. The second kappa shape index (κ2) is 8.36. The molecule has 0 radical (unpaired) electrons. The molecule has 3 aromatic heterocycles. The molecule has 0 atom stereocenters. The Morgan fingerprint density at radius 1 is 1.19 bits per heavy atom. The number of rotatable bonds is 4. The van der Waals surface area contributed by atoms with Crippen LogP contribution in [0.3, 0.4) is 0 Å². The van der Waals surface area contributed by atoms with Crippen molar-refractivity contribution in [1.82, 2.24) is 19.5 Å². The number of nitrogens with zero attached hydrogens (tertiary/aromatic N) is 4. The Morgan fingerprint density at radius 2 is 2.00 bits per heavy atom. The van der Waals surface area contributed by atoms with Crippen LogP contribution < -0.4 is 5.32 Å². The zero-order valence-electron chi connectivity index (χ0n) is 16.5. The van der Waals surface area contributed by atoms with E-state index in [9.17, 15) is 4.79 Å². The van der Waals surface area contributed by atoms with Crippen LogP contribution in [0.1, 0.15) is 23.4 Å². The number of carbonyl (C=O) groups excluding carboxylic acids is 1. The molecule has 0 spiro atoms. The van der Waals surface area contributed by atoms with Gasteiger partial charge in [-0.25, -0.2) is 4.98 Å². The monoisotopic (exact) mass is 499 g/mol. The van der Waals surface area contributed by atoms with Crippen molar-refractivity contribution in [2.45, 2.75) is 18.9 Å². The fourth-order valence-electron chi connectivity index (χ4n) is 3.84. The van der Waals surface area contributed by atoms with E-state index in [4.69, 9.17) is 21.0 Å². The third-order valence-electron chi connectivity index (χ3n) is 5.44. The molecule has 1 fully saturated rings. The molecule has 0 unspecified atom stereocenters. The van der Waals surface area contributed by atoms with Crippen LogP contribution in [0.4, 0.5) is 5.82 Å². The van der Waals surface area contributed by atoms with Crippen LogP contribution >= 0.6 is 27.5 Å². The van der Waals surface area contributed by atoms with Gasteiger partial charge in [0.05, 0.1) is 22.6 Å². The minimum atomic E-state index is -0.0632. The number of aromatic nitrogens is 3. The van der Waals surface area contributed by atoms with Gasteiger partial charge in [-0.15, -0.1) is 0 Å². The minimum absolute atomic E-state index is 0.0632. The van der Waals surface area contributed by atoms with Crippen LogP contribution in [0.15, 0.2) is 63.8 Å². The number of nitrogens with one attached hydrogen (secondary N) is 1. The summed E-state index contributed by atoms with van der Waals surface area (Å²) in [5.74, 6) is 1.15. The van der Waals surface area contributed by atoms with Crippen LogP contribution in [-0.2, 0) is 0 Å². The summed E-state index contributed by atoms with van der Waals surface area (Å²) < 4.78 is 7.84. The quantitative estimate of drug-likeness (QED) is 0.421. The first kappa shape index (κ1) is 20.1. The van der Waals surface area contributed by atoms with Gasteiger partial charge in [0.1, 0.15) is 5.82 Å². The number of anilines is 1. The van der Waals surface area contributed by atoms with E-state index in [-0.39, 0.29) is 11.9 Å². The van der Waals surface area contributed by atoms with Gasteiger partial charge in [0.2, 0.25) is 0 Å². The molecule has 1 aliphatic heterocycles. The SMILES string of the molecule is O=C(c1ccco1)N1CCC(Nc2cc(-c3ccccc3Cl)nc3c(Br)cnn23)CC1. The first-order chi connectivity index (χ1) is 15.1. The lowest BCUT2D eigenvalue weighted by atomic mass is 10.0. The average Bonchev–Trinajstić information content (AvgIpc) is 3.45. The highest BCUT2D eigenvalue weighted by Crippen LogP contribution is 2.31. The summed E-state index contributed by atoms with van der Waals surface area (Å²) in [6, 6.07) is 13.2. The molecule has 1 N–H and O–H groups in total. The number of benzene rings is 1. The topological polar surface area (TPSA) is 75.7 Å². The fourth-order valence-corrected chi connectivity index (χ4v) is 4.42. The second-order valence-corrected chi connectivity index (χ2v) is 8.68. The summed E-state index contributed by atoms with van der Waals surface area (Å²) in [6.45, 7) is 1.32. The Labute approximate surface area is 192 Å². The molecule has 1 amide bonds. The normalized spacial score (nSPS) is 14.8. The van der Waals surface area contributed by atoms with Gasteiger partial charge in [-0.3, -0.25) is 4.79 Å². The van der Waals surface area contributed by atoms with Gasteiger partial charge in [-0.05, 0) is 47.0 Å². The van der Waals surface area contributed by atoms with E-state index in [2.05, 4.69) is 26.3 Å². The fraction of sp³-hybridized carbons (Fsp3) is 0.227. The van der Waals surface area contributed by atoms with Gasteiger partial charge >= 0.3 is 0 Å².